The molecule has 0 bridgehead atoms. The second-order valence-electron chi connectivity index (χ2n) is 7.59. The van der Waals surface area contributed by atoms with Gasteiger partial charge in [-0.1, -0.05) is 32.9 Å². The lowest BCUT2D eigenvalue weighted by atomic mass is 9.93. The van der Waals surface area contributed by atoms with E-state index in [0.717, 1.165) is 43.7 Å². The summed E-state index contributed by atoms with van der Waals surface area (Å²) in [5, 5.41) is 6.79. The fourth-order valence-electron chi connectivity index (χ4n) is 3.25. The molecule has 3 heterocycles. The van der Waals surface area contributed by atoms with Crippen molar-refractivity contribution in [2.24, 2.45) is 4.99 Å². The molecule has 1 N–H and O–H groups in total. The van der Waals surface area contributed by atoms with Gasteiger partial charge in [-0.05, 0) is 6.42 Å². The molecule has 3 rings (SSSR count). The van der Waals surface area contributed by atoms with Crippen LogP contribution in [0.1, 0.15) is 37.9 Å². The highest BCUT2D eigenvalue weighted by Crippen LogP contribution is 2.24. The van der Waals surface area contributed by atoms with Crippen LogP contribution < -0.4 is 5.32 Å². The summed E-state index contributed by atoms with van der Waals surface area (Å²) in [6, 6.07) is 0.644. The molecule has 0 radical (unpaired) electrons. The fraction of sp³-hybridized carbons (Fsp3) is 0.667. The summed E-state index contributed by atoms with van der Waals surface area (Å²) in [6.45, 7) is 11.7. The third kappa shape index (κ3) is 5.17. The van der Waals surface area contributed by atoms with Crippen LogP contribution in [0.2, 0.25) is 0 Å². The minimum Gasteiger partial charge on any atom is -0.350 e. The molecule has 1 unspecified atom stereocenters. The van der Waals surface area contributed by atoms with E-state index in [0.29, 0.717) is 6.04 Å². The van der Waals surface area contributed by atoms with Gasteiger partial charge in [0.15, 0.2) is 5.96 Å². The quantitative estimate of drug-likeness (QED) is 0.316. The van der Waals surface area contributed by atoms with Crippen LogP contribution in [-0.4, -0.2) is 60.0 Å². The van der Waals surface area contributed by atoms with Gasteiger partial charge in [-0.2, -0.15) is 0 Å². The highest BCUT2D eigenvalue weighted by molar-refractivity contribution is 14.0. The molecule has 2 aliphatic heterocycles. The summed E-state index contributed by atoms with van der Waals surface area (Å²) in [5.41, 5.74) is 1.28. The maximum atomic E-state index is 4.76. The van der Waals surface area contributed by atoms with Gasteiger partial charge in [0, 0.05) is 50.1 Å². The summed E-state index contributed by atoms with van der Waals surface area (Å²) in [6.07, 6.45) is 5.75. The first-order valence-corrected chi connectivity index (χ1v) is 9.65. The van der Waals surface area contributed by atoms with Crippen molar-refractivity contribution in [3.05, 3.63) is 28.2 Å². The molecule has 25 heavy (non-hydrogen) atoms. The van der Waals surface area contributed by atoms with Gasteiger partial charge in [-0.3, -0.25) is 9.89 Å². The van der Waals surface area contributed by atoms with E-state index in [1.807, 2.05) is 7.05 Å². The minimum atomic E-state index is 0. The maximum absolute atomic E-state index is 4.76. The zero-order valence-corrected chi connectivity index (χ0v) is 18.8. The van der Waals surface area contributed by atoms with Crippen LogP contribution in [0.25, 0.3) is 0 Å². The average Bonchev–Trinajstić information content (AvgIpc) is 3.28. The Morgan fingerprint density at radius 1 is 1.36 bits per heavy atom. The smallest absolute Gasteiger partial charge is 0.194 e. The van der Waals surface area contributed by atoms with E-state index in [1.54, 1.807) is 11.3 Å². The molecule has 0 saturated carbocycles. The van der Waals surface area contributed by atoms with Gasteiger partial charge in [0.2, 0.25) is 0 Å². The lowest BCUT2D eigenvalue weighted by molar-refractivity contribution is 0.259. The van der Waals surface area contributed by atoms with Gasteiger partial charge in [0.1, 0.15) is 5.01 Å². The van der Waals surface area contributed by atoms with Crippen molar-refractivity contribution in [2.45, 2.75) is 45.2 Å². The summed E-state index contributed by atoms with van der Waals surface area (Å²) in [4.78, 5) is 14.2. The Bertz CT molecular complexity index is 611. The van der Waals surface area contributed by atoms with Gasteiger partial charge in [-0.25, -0.2) is 4.98 Å². The summed E-state index contributed by atoms with van der Waals surface area (Å²) in [5.74, 6) is 0.997. The van der Waals surface area contributed by atoms with Crippen molar-refractivity contribution >= 4 is 41.3 Å². The lowest BCUT2D eigenvalue weighted by Gasteiger charge is -2.25. The molecule has 1 saturated heterocycles. The van der Waals surface area contributed by atoms with E-state index >= 15 is 0 Å². The van der Waals surface area contributed by atoms with Crippen molar-refractivity contribution in [3.63, 3.8) is 0 Å². The molecule has 1 fully saturated rings. The predicted molar refractivity (Wildman–Crippen MR) is 117 cm³/mol. The Labute approximate surface area is 172 Å². The highest BCUT2D eigenvalue weighted by atomic mass is 127. The Kier molecular flexibility index (Phi) is 7.28. The van der Waals surface area contributed by atoms with E-state index < -0.39 is 0 Å². The van der Waals surface area contributed by atoms with Crippen LogP contribution >= 0.6 is 35.3 Å². The van der Waals surface area contributed by atoms with Crippen molar-refractivity contribution in [3.8, 4) is 0 Å². The molecular weight excluding hydrogens is 445 g/mol. The number of nitrogens with one attached hydrogen (secondary N) is 1. The maximum Gasteiger partial charge on any atom is 0.194 e. The van der Waals surface area contributed by atoms with Crippen LogP contribution in [-0.2, 0) is 12.0 Å². The summed E-state index contributed by atoms with van der Waals surface area (Å²) >= 11 is 1.73. The monoisotopic (exact) mass is 475 g/mol. The van der Waals surface area contributed by atoms with Crippen LogP contribution in [0.3, 0.4) is 0 Å². The van der Waals surface area contributed by atoms with Crippen LogP contribution in [0.15, 0.2) is 22.5 Å². The zero-order chi connectivity index (χ0) is 17.2. The van der Waals surface area contributed by atoms with Crippen LogP contribution in [0.4, 0.5) is 0 Å². The number of thiazole rings is 1. The molecule has 7 heteroatoms. The van der Waals surface area contributed by atoms with Crippen LogP contribution in [0, 0.1) is 0 Å². The number of hydrogen-bond acceptors (Lipinski definition) is 4. The molecule has 140 valence electrons. The SMILES string of the molecule is CN=C(NCc1nc(C(C)(C)C)cs1)N1CCC(N2CC=CC2)C1.I. The largest absolute Gasteiger partial charge is 0.350 e. The van der Waals surface area contributed by atoms with Gasteiger partial charge < -0.3 is 10.2 Å². The highest BCUT2D eigenvalue weighted by Gasteiger charge is 2.29. The van der Waals surface area contributed by atoms with Gasteiger partial charge in [0.25, 0.3) is 0 Å². The van der Waals surface area contributed by atoms with Crippen molar-refractivity contribution in [1.82, 2.24) is 20.1 Å². The third-order valence-electron chi connectivity index (χ3n) is 4.76. The van der Waals surface area contributed by atoms with Crippen LogP contribution in [0.5, 0.6) is 0 Å². The number of guanidine groups is 1. The van der Waals surface area contributed by atoms with Crippen molar-refractivity contribution in [2.75, 3.05) is 33.2 Å². The molecule has 2 aliphatic rings. The Balaban J connectivity index is 0.00000225. The number of aromatic nitrogens is 1. The van der Waals surface area contributed by atoms with E-state index in [4.69, 9.17) is 4.98 Å². The standard InChI is InChI=1S/C18H29N5S.HI/c1-18(2,3)15-13-24-16(21-15)11-20-17(19-4)23-10-7-14(12-23)22-8-5-6-9-22;/h5-6,13-14H,7-12H2,1-4H3,(H,19,20);1H. The molecule has 0 amide bonds. The van der Waals surface area contributed by atoms with E-state index in [2.05, 4.69) is 58.4 Å². The Morgan fingerprint density at radius 3 is 2.68 bits per heavy atom. The predicted octanol–water partition coefficient (Wildman–Crippen LogP) is 3.08. The first-order valence-electron chi connectivity index (χ1n) is 8.77. The second-order valence-corrected chi connectivity index (χ2v) is 8.53. The van der Waals surface area contributed by atoms with Crippen molar-refractivity contribution < 1.29 is 0 Å². The molecule has 0 aliphatic carbocycles. The first kappa shape index (κ1) is 20.6. The number of nitrogens with zero attached hydrogens (tertiary/aromatic N) is 4. The second kappa shape index (κ2) is 8.81. The summed E-state index contributed by atoms with van der Waals surface area (Å²) in [7, 11) is 1.87. The van der Waals surface area contributed by atoms with E-state index in [9.17, 15) is 0 Å². The number of halogens is 1. The van der Waals surface area contributed by atoms with Gasteiger partial charge in [-0.15, -0.1) is 35.3 Å². The minimum absolute atomic E-state index is 0. The lowest BCUT2D eigenvalue weighted by Crippen LogP contribution is -2.42. The molecule has 1 atom stereocenters. The average molecular weight is 475 g/mol. The van der Waals surface area contributed by atoms with E-state index in [1.165, 1.54) is 12.1 Å². The Morgan fingerprint density at radius 2 is 2.08 bits per heavy atom. The number of likely N-dealkylation sites (tertiary alicyclic amines) is 1. The number of aliphatic imine (C=N–C) groups is 1. The zero-order valence-electron chi connectivity index (χ0n) is 15.7. The molecular formula is C18H30IN5S. The number of rotatable bonds is 3. The Hall–Kier alpha value is -0.670. The molecule has 0 aromatic carbocycles. The molecule has 0 spiro atoms. The molecule has 1 aromatic heterocycles. The van der Waals surface area contributed by atoms with Gasteiger partial charge in [0.05, 0.1) is 12.2 Å². The number of hydrogen-bond donors (Lipinski definition) is 1. The topological polar surface area (TPSA) is 43.8 Å². The normalized spacial score (nSPS) is 21.7. The van der Waals surface area contributed by atoms with Gasteiger partial charge >= 0.3 is 0 Å². The third-order valence-corrected chi connectivity index (χ3v) is 5.60. The molecule has 5 nitrogen and oxygen atoms in total. The fourth-order valence-corrected chi connectivity index (χ4v) is 4.21. The first-order chi connectivity index (χ1) is 11.5. The van der Waals surface area contributed by atoms with Crippen molar-refractivity contribution in [1.29, 1.82) is 0 Å². The molecule has 1 aromatic rings. The van der Waals surface area contributed by atoms with E-state index in [-0.39, 0.29) is 29.4 Å². The summed E-state index contributed by atoms with van der Waals surface area (Å²) < 4.78 is 0.